The van der Waals surface area contributed by atoms with Crippen molar-refractivity contribution in [1.29, 1.82) is 0 Å². The van der Waals surface area contributed by atoms with E-state index in [0.29, 0.717) is 5.56 Å². The van der Waals surface area contributed by atoms with Crippen molar-refractivity contribution >= 4 is 44.3 Å². The zero-order valence-electron chi connectivity index (χ0n) is 23.9. The first-order valence-electron chi connectivity index (χ1n) is 13.8. The monoisotopic (exact) mass is 602 g/mol. The fraction of sp³-hybridized carbons (Fsp3) is 0.258. The van der Waals surface area contributed by atoms with Crippen LogP contribution in [0.2, 0.25) is 0 Å². The molecule has 43 heavy (non-hydrogen) atoms. The minimum atomic E-state index is -4.11. The van der Waals surface area contributed by atoms with Gasteiger partial charge >= 0.3 is 0 Å². The van der Waals surface area contributed by atoms with Gasteiger partial charge in [-0.05, 0) is 48.0 Å². The molecule has 4 N–H and O–H groups in total. The molecule has 0 bridgehead atoms. The van der Waals surface area contributed by atoms with Crippen LogP contribution in [0.15, 0.2) is 90.0 Å². The molecule has 12 heteroatoms. The highest BCUT2D eigenvalue weighted by molar-refractivity contribution is 7.89. The molecule has 1 aliphatic rings. The van der Waals surface area contributed by atoms with Gasteiger partial charge in [0.25, 0.3) is 5.91 Å². The Bertz CT molecular complexity index is 1740. The van der Waals surface area contributed by atoms with Crippen molar-refractivity contribution in [1.82, 2.24) is 19.5 Å². The number of hydrogen-bond donors (Lipinski definition) is 3. The van der Waals surface area contributed by atoms with Crippen LogP contribution in [0, 0.1) is 0 Å². The third-order valence-electron chi connectivity index (χ3n) is 7.66. The Morgan fingerprint density at radius 2 is 1.65 bits per heavy atom. The summed E-state index contributed by atoms with van der Waals surface area (Å²) in [5, 5.41) is 3.57. The number of nitrogens with zero attached hydrogens (tertiary/aromatic N) is 3. The van der Waals surface area contributed by atoms with Gasteiger partial charge < -0.3 is 25.8 Å². The minimum absolute atomic E-state index is 0.0251. The molecule has 1 aromatic heterocycles. The highest BCUT2D eigenvalue weighted by Gasteiger charge is 2.42. The lowest BCUT2D eigenvalue weighted by molar-refractivity contribution is -0.130. The Morgan fingerprint density at radius 3 is 2.33 bits per heavy atom. The van der Waals surface area contributed by atoms with Gasteiger partial charge in [0.15, 0.2) is 0 Å². The summed E-state index contributed by atoms with van der Waals surface area (Å²) in [7, 11) is -0.326. The molecule has 3 aromatic carbocycles. The number of aromatic nitrogens is 1. The second-order valence-electron chi connectivity index (χ2n) is 10.7. The number of piperazine rings is 1. The average molecular weight is 603 g/mol. The number of primary amides is 1. The van der Waals surface area contributed by atoms with E-state index in [4.69, 9.17) is 5.73 Å². The van der Waals surface area contributed by atoms with E-state index in [1.54, 1.807) is 36.5 Å². The number of carbonyl (C=O) groups is 3. The Labute approximate surface area is 250 Å². The number of hydrogen-bond acceptors (Lipinski definition) is 6. The van der Waals surface area contributed by atoms with Crippen LogP contribution in [-0.2, 0) is 26.0 Å². The molecule has 3 amide bonds. The topological polar surface area (TPSA) is 149 Å². The molecule has 1 fully saturated rings. The molecule has 0 saturated carbocycles. The fourth-order valence-electron chi connectivity index (χ4n) is 5.28. The fourth-order valence-corrected chi connectivity index (χ4v) is 6.87. The SMILES string of the molecule is CN(C)c1ccc(C(=O)N2CCN(S(=O)(=O)c3ccccc3)[C@H](C(=O)N[C@H](Cc3c[nH]c4ccccc34)C(N)=O)C2)cc1. The highest BCUT2D eigenvalue weighted by Crippen LogP contribution is 2.24. The van der Waals surface area contributed by atoms with Gasteiger partial charge in [0.05, 0.1) is 4.90 Å². The molecule has 2 atom stereocenters. The number of para-hydroxylation sites is 1. The molecule has 11 nitrogen and oxygen atoms in total. The first-order valence-corrected chi connectivity index (χ1v) is 15.3. The predicted octanol–water partition coefficient (Wildman–Crippen LogP) is 1.96. The molecule has 0 aliphatic carbocycles. The van der Waals surface area contributed by atoms with Crippen LogP contribution >= 0.6 is 0 Å². The smallest absolute Gasteiger partial charge is 0.253 e. The normalized spacial score (nSPS) is 16.5. The van der Waals surface area contributed by atoms with Crippen LogP contribution in [0.1, 0.15) is 15.9 Å². The summed E-state index contributed by atoms with van der Waals surface area (Å²) in [6.45, 7) is -0.232. The number of carbonyl (C=O) groups excluding carboxylic acids is 3. The van der Waals surface area contributed by atoms with Crippen molar-refractivity contribution < 1.29 is 22.8 Å². The quantitative estimate of drug-likeness (QED) is 0.267. The standard InChI is InChI=1S/C31H34N6O5S/c1-35(2)23-14-12-21(13-15-23)31(40)36-16-17-37(43(41,42)24-8-4-3-5-9-24)28(20-36)30(39)34-27(29(32)38)18-22-19-33-26-11-7-6-10-25(22)26/h3-15,19,27-28,33H,16-18,20H2,1-2H3,(H2,32,38)(H,34,39)/t27-,28+/m1/s1. The minimum Gasteiger partial charge on any atom is -0.378 e. The van der Waals surface area contributed by atoms with E-state index in [2.05, 4.69) is 10.3 Å². The second kappa shape index (κ2) is 12.3. The summed E-state index contributed by atoms with van der Waals surface area (Å²) in [5.74, 6) is -1.81. The molecular weight excluding hydrogens is 568 g/mol. The van der Waals surface area contributed by atoms with Gasteiger partial charge in [0, 0.05) is 68.5 Å². The predicted molar refractivity (Wildman–Crippen MR) is 164 cm³/mol. The lowest BCUT2D eigenvalue weighted by Crippen LogP contribution is -2.63. The van der Waals surface area contributed by atoms with E-state index < -0.39 is 33.9 Å². The van der Waals surface area contributed by atoms with Crippen LogP contribution in [0.5, 0.6) is 0 Å². The third-order valence-corrected chi connectivity index (χ3v) is 9.58. The molecule has 5 rings (SSSR count). The first kappa shape index (κ1) is 29.8. The number of nitrogens with two attached hydrogens (primary N) is 1. The van der Waals surface area contributed by atoms with Gasteiger partial charge in [0.1, 0.15) is 12.1 Å². The molecule has 0 radical (unpaired) electrons. The lowest BCUT2D eigenvalue weighted by Gasteiger charge is -2.40. The van der Waals surface area contributed by atoms with Crippen molar-refractivity contribution in [3.63, 3.8) is 0 Å². The van der Waals surface area contributed by atoms with Crippen LogP contribution < -0.4 is 16.0 Å². The Kier molecular flexibility index (Phi) is 8.51. The summed E-state index contributed by atoms with van der Waals surface area (Å²) >= 11 is 0. The van der Waals surface area contributed by atoms with Gasteiger partial charge in [-0.15, -0.1) is 0 Å². The average Bonchev–Trinajstić information content (AvgIpc) is 3.43. The number of benzene rings is 3. The van der Waals surface area contributed by atoms with E-state index in [9.17, 15) is 22.8 Å². The largest absolute Gasteiger partial charge is 0.378 e. The maximum absolute atomic E-state index is 13.8. The van der Waals surface area contributed by atoms with Gasteiger partial charge in [-0.25, -0.2) is 8.42 Å². The van der Waals surface area contributed by atoms with E-state index in [1.807, 2.05) is 55.4 Å². The Balaban J connectivity index is 1.42. The number of H-pyrrole nitrogens is 1. The molecule has 0 spiro atoms. The number of sulfonamides is 1. The molecule has 0 unspecified atom stereocenters. The van der Waals surface area contributed by atoms with Crippen LogP contribution in [0.4, 0.5) is 5.69 Å². The number of nitrogens with one attached hydrogen (secondary N) is 2. The number of aromatic amines is 1. The number of rotatable bonds is 9. The van der Waals surface area contributed by atoms with E-state index >= 15 is 0 Å². The number of fused-ring (bicyclic) bond motifs is 1. The summed E-state index contributed by atoms with van der Waals surface area (Å²) in [6.07, 6.45) is 1.85. The van der Waals surface area contributed by atoms with Crippen molar-refractivity contribution in [2.45, 2.75) is 23.4 Å². The van der Waals surface area contributed by atoms with Gasteiger partial charge in [-0.2, -0.15) is 4.31 Å². The summed E-state index contributed by atoms with van der Waals surface area (Å²) in [5.41, 5.74) is 8.68. The van der Waals surface area contributed by atoms with Crippen molar-refractivity contribution in [3.8, 4) is 0 Å². The number of amides is 3. The Hall–Kier alpha value is -4.68. The van der Waals surface area contributed by atoms with Crippen LogP contribution in [0.3, 0.4) is 0 Å². The summed E-state index contributed by atoms with van der Waals surface area (Å²) < 4.78 is 28.5. The van der Waals surface area contributed by atoms with E-state index in [-0.39, 0.29) is 36.9 Å². The molecule has 1 aliphatic heterocycles. The Morgan fingerprint density at radius 1 is 0.977 bits per heavy atom. The maximum atomic E-state index is 13.8. The zero-order valence-corrected chi connectivity index (χ0v) is 24.8. The van der Waals surface area contributed by atoms with Crippen molar-refractivity contribution in [2.75, 3.05) is 38.6 Å². The second-order valence-corrected chi connectivity index (χ2v) is 12.6. The van der Waals surface area contributed by atoms with Crippen LogP contribution in [-0.4, -0.2) is 86.1 Å². The molecule has 1 saturated heterocycles. The maximum Gasteiger partial charge on any atom is 0.253 e. The zero-order chi connectivity index (χ0) is 30.7. The highest BCUT2D eigenvalue weighted by atomic mass is 32.2. The molecule has 2 heterocycles. The van der Waals surface area contributed by atoms with Crippen molar-refractivity contribution in [2.24, 2.45) is 5.73 Å². The van der Waals surface area contributed by atoms with Crippen LogP contribution in [0.25, 0.3) is 10.9 Å². The number of anilines is 1. The molecular formula is C31H34N6O5S. The van der Waals surface area contributed by atoms with Gasteiger partial charge in [-0.1, -0.05) is 36.4 Å². The first-order chi connectivity index (χ1) is 20.6. The van der Waals surface area contributed by atoms with E-state index in [0.717, 1.165) is 26.5 Å². The third kappa shape index (κ3) is 6.25. The lowest BCUT2D eigenvalue weighted by atomic mass is 10.0. The molecule has 4 aromatic rings. The van der Waals surface area contributed by atoms with Crippen molar-refractivity contribution in [3.05, 3.63) is 96.2 Å². The molecule has 224 valence electrons. The van der Waals surface area contributed by atoms with E-state index in [1.165, 1.54) is 17.0 Å². The van der Waals surface area contributed by atoms with Gasteiger partial charge in [0.2, 0.25) is 21.8 Å². The summed E-state index contributed by atoms with van der Waals surface area (Å²) in [6, 6.07) is 20.0. The summed E-state index contributed by atoms with van der Waals surface area (Å²) in [4.78, 5) is 46.4. The van der Waals surface area contributed by atoms with Gasteiger partial charge in [-0.3, -0.25) is 14.4 Å².